The van der Waals surface area contributed by atoms with Crippen LogP contribution in [0.25, 0.3) is 0 Å². The Kier molecular flexibility index (Phi) is 4.13. The average molecular weight is 399 g/mol. The summed E-state index contributed by atoms with van der Waals surface area (Å²) in [5.41, 5.74) is 2.55. The van der Waals surface area contributed by atoms with Gasteiger partial charge in [-0.25, -0.2) is 4.79 Å². The van der Waals surface area contributed by atoms with E-state index in [2.05, 4.69) is 18.7 Å². The molecule has 2 saturated heterocycles. The molecule has 2 fully saturated rings. The fourth-order valence-corrected chi connectivity index (χ4v) is 7.04. The second kappa shape index (κ2) is 6.29. The van der Waals surface area contributed by atoms with Crippen molar-refractivity contribution in [2.45, 2.75) is 45.6 Å². The quantitative estimate of drug-likeness (QED) is 0.708. The average Bonchev–Trinajstić information content (AvgIpc) is 3.11. The highest BCUT2D eigenvalue weighted by atomic mass is 16.5. The van der Waals surface area contributed by atoms with Gasteiger partial charge in [0.05, 0.1) is 12.7 Å². The number of piperidine rings is 1. The minimum atomic E-state index is -0.545. The molecule has 156 valence electrons. The largest absolute Gasteiger partial charge is 0.512 e. The Balaban J connectivity index is 1.86. The number of Topliss-reactive ketones (excluding diaryl/α,β-unsaturated/α-hetero) is 1. The van der Waals surface area contributed by atoms with E-state index in [1.165, 1.54) is 7.11 Å². The molecule has 0 unspecified atom stereocenters. The molecule has 5 atom stereocenters. The maximum Gasteiger partial charge on any atom is 0.338 e. The van der Waals surface area contributed by atoms with E-state index in [4.69, 9.17) is 4.74 Å². The van der Waals surface area contributed by atoms with Crippen molar-refractivity contribution >= 4 is 11.8 Å². The fraction of sp³-hybridized carbons (Fsp3) is 0.652. The Morgan fingerprint density at radius 1 is 1.31 bits per heavy atom. The van der Waals surface area contributed by atoms with Gasteiger partial charge in [0.15, 0.2) is 5.78 Å². The topological polar surface area (TPSA) is 87.1 Å². The lowest BCUT2D eigenvalue weighted by Crippen LogP contribution is -2.48. The molecule has 6 heteroatoms. The van der Waals surface area contributed by atoms with Crippen molar-refractivity contribution in [1.82, 2.24) is 4.90 Å². The van der Waals surface area contributed by atoms with Crippen molar-refractivity contribution in [2.24, 2.45) is 23.2 Å². The summed E-state index contributed by atoms with van der Waals surface area (Å²) < 4.78 is 5.09. The van der Waals surface area contributed by atoms with E-state index in [1.54, 1.807) is 0 Å². The number of allylic oxidation sites excluding steroid dienone is 2. The molecule has 29 heavy (non-hydrogen) atoms. The third kappa shape index (κ3) is 2.24. The van der Waals surface area contributed by atoms with E-state index in [9.17, 15) is 19.8 Å². The third-order valence-corrected chi connectivity index (χ3v) is 8.37. The molecule has 0 aromatic carbocycles. The second-order valence-corrected chi connectivity index (χ2v) is 9.56. The Morgan fingerprint density at radius 3 is 2.76 bits per heavy atom. The molecule has 0 aromatic rings. The van der Waals surface area contributed by atoms with E-state index in [-0.39, 0.29) is 53.4 Å². The van der Waals surface area contributed by atoms with E-state index in [1.807, 2.05) is 0 Å². The van der Waals surface area contributed by atoms with Crippen LogP contribution in [0.1, 0.15) is 39.5 Å². The first-order valence-electron chi connectivity index (χ1n) is 10.7. The van der Waals surface area contributed by atoms with Gasteiger partial charge in [0.25, 0.3) is 0 Å². The first-order valence-corrected chi connectivity index (χ1v) is 10.7. The summed E-state index contributed by atoms with van der Waals surface area (Å²) in [6.07, 6.45) is 2.42. The molecule has 2 N–H and O–H groups in total. The second-order valence-electron chi connectivity index (χ2n) is 9.56. The van der Waals surface area contributed by atoms with Crippen LogP contribution < -0.4 is 0 Å². The lowest BCUT2D eigenvalue weighted by atomic mass is 9.65. The SMILES string of the molecule is COC(=O)C1=C(CCO)C2=C(O)CC[C@@H]3CN4C[C@@H](C)[C@H]5C[C@@H]4[C@]3(C)C2=C1C5=O. The first-order chi connectivity index (χ1) is 13.8. The van der Waals surface area contributed by atoms with Crippen LogP contribution in [-0.2, 0) is 14.3 Å². The number of aliphatic hydroxyl groups is 2. The molecule has 2 aliphatic heterocycles. The number of aliphatic hydroxyl groups excluding tert-OH is 2. The molecule has 5 aliphatic rings. The molecule has 0 saturated carbocycles. The number of ketones is 1. The van der Waals surface area contributed by atoms with E-state index in [0.717, 1.165) is 31.5 Å². The Labute approximate surface area is 170 Å². The molecule has 3 aliphatic carbocycles. The summed E-state index contributed by atoms with van der Waals surface area (Å²) in [6.45, 7) is 6.08. The van der Waals surface area contributed by atoms with Crippen LogP contribution >= 0.6 is 0 Å². The number of ether oxygens (including phenoxy) is 1. The van der Waals surface area contributed by atoms with Crippen molar-refractivity contribution in [1.29, 1.82) is 0 Å². The molecule has 0 amide bonds. The summed E-state index contributed by atoms with van der Waals surface area (Å²) in [7, 11) is 1.32. The molecular weight excluding hydrogens is 370 g/mol. The molecular formula is C23H29NO5. The highest BCUT2D eigenvalue weighted by molar-refractivity contribution is 6.15. The van der Waals surface area contributed by atoms with Crippen LogP contribution in [0.4, 0.5) is 0 Å². The third-order valence-electron chi connectivity index (χ3n) is 8.37. The van der Waals surface area contributed by atoms with E-state index >= 15 is 0 Å². The van der Waals surface area contributed by atoms with Crippen molar-refractivity contribution in [3.63, 3.8) is 0 Å². The zero-order valence-corrected chi connectivity index (χ0v) is 17.3. The standard InChI is InChI=1S/C23H29NO5/c1-11-9-24-10-12-4-5-15(26)17-13(6-7-25)18(22(28)29-3)19-20(17)23(12,2)16(24)8-14(11)21(19)27/h11-12,14,16,25-26H,4-10H2,1-3H3/t11-,12-,14-,16-,23-/m1/s1. The Hall–Kier alpha value is -1.92. The van der Waals surface area contributed by atoms with Crippen molar-refractivity contribution in [2.75, 3.05) is 26.8 Å². The van der Waals surface area contributed by atoms with Gasteiger partial charge in [0, 0.05) is 54.6 Å². The maximum absolute atomic E-state index is 13.9. The minimum Gasteiger partial charge on any atom is -0.512 e. The smallest absolute Gasteiger partial charge is 0.338 e. The number of hydrogen-bond donors (Lipinski definition) is 2. The molecule has 0 aromatic heterocycles. The van der Waals surface area contributed by atoms with Crippen molar-refractivity contribution in [3.8, 4) is 0 Å². The highest BCUT2D eigenvalue weighted by Crippen LogP contribution is 2.63. The minimum absolute atomic E-state index is 0.0158. The van der Waals surface area contributed by atoms with Gasteiger partial charge in [-0.3, -0.25) is 9.69 Å². The number of nitrogens with zero attached hydrogens (tertiary/aromatic N) is 1. The number of carbonyl (C=O) groups is 2. The highest BCUT2D eigenvalue weighted by Gasteiger charge is 2.62. The Morgan fingerprint density at radius 2 is 2.07 bits per heavy atom. The van der Waals surface area contributed by atoms with Gasteiger partial charge in [0.1, 0.15) is 5.76 Å². The van der Waals surface area contributed by atoms with Gasteiger partial charge in [0.2, 0.25) is 0 Å². The molecule has 0 spiro atoms. The van der Waals surface area contributed by atoms with Crippen molar-refractivity contribution < 1.29 is 24.5 Å². The van der Waals surface area contributed by atoms with Gasteiger partial charge < -0.3 is 14.9 Å². The number of esters is 1. The van der Waals surface area contributed by atoms with Gasteiger partial charge in [-0.05, 0) is 42.2 Å². The normalized spacial score (nSPS) is 38.6. The van der Waals surface area contributed by atoms with Crippen LogP contribution in [0.2, 0.25) is 0 Å². The number of methoxy groups -OCH3 is 1. The number of hydrogen-bond acceptors (Lipinski definition) is 6. The lowest BCUT2D eigenvalue weighted by Gasteiger charge is -2.43. The molecule has 5 rings (SSSR count). The van der Waals surface area contributed by atoms with E-state index < -0.39 is 5.97 Å². The monoisotopic (exact) mass is 399 g/mol. The summed E-state index contributed by atoms with van der Waals surface area (Å²) in [6, 6.07) is 0.235. The Bertz CT molecular complexity index is 912. The molecule has 6 nitrogen and oxygen atoms in total. The number of fused-ring (bicyclic) bond motifs is 1. The predicted octanol–water partition coefficient (Wildman–Crippen LogP) is 2.30. The lowest BCUT2D eigenvalue weighted by molar-refractivity contribution is -0.136. The maximum atomic E-state index is 13.9. The fourth-order valence-electron chi connectivity index (χ4n) is 7.04. The van der Waals surface area contributed by atoms with Gasteiger partial charge in [-0.15, -0.1) is 0 Å². The first kappa shape index (κ1) is 19.1. The van der Waals surface area contributed by atoms with Crippen LogP contribution in [0.15, 0.2) is 33.6 Å². The predicted molar refractivity (Wildman–Crippen MR) is 106 cm³/mol. The molecule has 2 bridgehead atoms. The van der Waals surface area contributed by atoms with Crippen LogP contribution in [0, 0.1) is 23.2 Å². The number of carbonyl (C=O) groups excluding carboxylic acids is 2. The summed E-state index contributed by atoms with van der Waals surface area (Å²) in [5.74, 6) is 0.133. The number of rotatable bonds is 3. The zero-order chi connectivity index (χ0) is 20.7. The van der Waals surface area contributed by atoms with Crippen molar-refractivity contribution in [3.05, 3.63) is 33.6 Å². The van der Waals surface area contributed by atoms with Crippen LogP contribution in [0.3, 0.4) is 0 Å². The summed E-state index contributed by atoms with van der Waals surface area (Å²) in [4.78, 5) is 29.3. The van der Waals surface area contributed by atoms with Gasteiger partial charge in [-0.1, -0.05) is 13.8 Å². The van der Waals surface area contributed by atoms with Crippen LogP contribution in [-0.4, -0.2) is 59.7 Å². The molecule has 2 heterocycles. The van der Waals surface area contributed by atoms with Gasteiger partial charge >= 0.3 is 5.97 Å². The summed E-state index contributed by atoms with van der Waals surface area (Å²) >= 11 is 0. The van der Waals surface area contributed by atoms with E-state index in [0.29, 0.717) is 29.1 Å². The van der Waals surface area contributed by atoms with Gasteiger partial charge in [-0.2, -0.15) is 0 Å². The summed E-state index contributed by atoms with van der Waals surface area (Å²) in [5, 5.41) is 20.8. The molecule has 0 radical (unpaired) electrons. The van der Waals surface area contributed by atoms with Crippen LogP contribution in [0.5, 0.6) is 0 Å². The zero-order valence-electron chi connectivity index (χ0n) is 17.3.